The molecule has 1 rings (SSSR count). The third kappa shape index (κ3) is 2.05. The van der Waals surface area contributed by atoms with Gasteiger partial charge in [-0.3, -0.25) is 4.90 Å². The smallest absolute Gasteiger partial charge is 0.104 e. The standard InChI is InChI=1S/C7H11NO/c9-7-2-1-4-8-5-3-6-8/h9H,3-7H2. The Bertz CT molecular complexity index is 130. The van der Waals surface area contributed by atoms with Gasteiger partial charge in [0.1, 0.15) is 6.61 Å². The second kappa shape index (κ2) is 3.49. The summed E-state index contributed by atoms with van der Waals surface area (Å²) >= 11 is 0. The molecule has 1 aliphatic heterocycles. The van der Waals surface area contributed by atoms with E-state index in [4.69, 9.17) is 5.11 Å². The average Bonchev–Trinajstić information content (AvgIpc) is 1.76. The molecule has 50 valence electrons. The van der Waals surface area contributed by atoms with Crippen molar-refractivity contribution >= 4 is 0 Å². The number of rotatable bonds is 1. The van der Waals surface area contributed by atoms with Crippen LogP contribution in [0.2, 0.25) is 0 Å². The highest BCUT2D eigenvalue weighted by Gasteiger charge is 2.10. The van der Waals surface area contributed by atoms with Gasteiger partial charge in [0.25, 0.3) is 0 Å². The largest absolute Gasteiger partial charge is 0.384 e. The second-order valence-electron chi connectivity index (χ2n) is 2.14. The molecule has 0 aliphatic carbocycles. The van der Waals surface area contributed by atoms with E-state index in [0.29, 0.717) is 0 Å². The van der Waals surface area contributed by atoms with Crippen molar-refractivity contribution in [3.63, 3.8) is 0 Å². The van der Waals surface area contributed by atoms with E-state index in [0.717, 1.165) is 6.54 Å². The van der Waals surface area contributed by atoms with Gasteiger partial charge in [-0.2, -0.15) is 0 Å². The predicted molar refractivity (Wildman–Crippen MR) is 35.9 cm³/mol. The molecule has 1 aliphatic rings. The van der Waals surface area contributed by atoms with Crippen LogP contribution in [-0.4, -0.2) is 36.2 Å². The molecule has 0 amide bonds. The summed E-state index contributed by atoms with van der Waals surface area (Å²) in [7, 11) is 0. The van der Waals surface area contributed by atoms with Crippen molar-refractivity contribution in [2.45, 2.75) is 6.42 Å². The molecule has 9 heavy (non-hydrogen) atoms. The third-order valence-corrected chi connectivity index (χ3v) is 1.46. The van der Waals surface area contributed by atoms with E-state index in [1.165, 1.54) is 19.5 Å². The van der Waals surface area contributed by atoms with Crippen LogP contribution in [0.25, 0.3) is 0 Å². The van der Waals surface area contributed by atoms with Gasteiger partial charge in [0.05, 0.1) is 6.54 Å². The van der Waals surface area contributed by atoms with Gasteiger partial charge in [-0.15, -0.1) is 0 Å². The van der Waals surface area contributed by atoms with Gasteiger partial charge in [0.15, 0.2) is 0 Å². The lowest BCUT2D eigenvalue weighted by atomic mass is 10.2. The summed E-state index contributed by atoms with van der Waals surface area (Å²) in [5, 5.41) is 8.28. The Hall–Kier alpha value is -0.520. The summed E-state index contributed by atoms with van der Waals surface area (Å²) in [6.07, 6.45) is 1.31. The van der Waals surface area contributed by atoms with E-state index in [2.05, 4.69) is 16.7 Å². The average molecular weight is 125 g/mol. The molecular formula is C7H11NO. The fraction of sp³-hybridized carbons (Fsp3) is 0.714. The molecule has 0 unspecified atom stereocenters. The van der Waals surface area contributed by atoms with Crippen LogP contribution in [-0.2, 0) is 0 Å². The van der Waals surface area contributed by atoms with Crippen molar-refractivity contribution in [3.8, 4) is 11.8 Å². The monoisotopic (exact) mass is 125 g/mol. The molecule has 2 heteroatoms. The van der Waals surface area contributed by atoms with Crippen molar-refractivity contribution in [2.24, 2.45) is 0 Å². The minimum Gasteiger partial charge on any atom is -0.384 e. The molecule has 1 saturated heterocycles. The fourth-order valence-electron chi connectivity index (χ4n) is 0.763. The molecule has 0 atom stereocenters. The topological polar surface area (TPSA) is 23.5 Å². The number of likely N-dealkylation sites (tertiary alicyclic amines) is 1. The number of hydrogen-bond donors (Lipinski definition) is 1. The Kier molecular flexibility index (Phi) is 2.56. The van der Waals surface area contributed by atoms with Crippen LogP contribution in [0.15, 0.2) is 0 Å². The minimum absolute atomic E-state index is 0.00611. The van der Waals surface area contributed by atoms with Crippen LogP contribution in [0.1, 0.15) is 6.42 Å². The van der Waals surface area contributed by atoms with Gasteiger partial charge in [-0.1, -0.05) is 11.8 Å². The minimum atomic E-state index is -0.00611. The first-order chi connectivity index (χ1) is 4.43. The van der Waals surface area contributed by atoms with Crippen LogP contribution in [0.5, 0.6) is 0 Å². The Balaban J connectivity index is 2.03. The van der Waals surface area contributed by atoms with Crippen LogP contribution < -0.4 is 0 Å². The fourth-order valence-corrected chi connectivity index (χ4v) is 0.763. The maximum atomic E-state index is 8.28. The zero-order valence-electron chi connectivity index (χ0n) is 5.43. The first kappa shape index (κ1) is 6.60. The van der Waals surface area contributed by atoms with E-state index in [1.807, 2.05) is 0 Å². The highest BCUT2D eigenvalue weighted by molar-refractivity contribution is 5.01. The zero-order valence-corrected chi connectivity index (χ0v) is 5.43. The molecule has 1 N–H and O–H groups in total. The van der Waals surface area contributed by atoms with E-state index >= 15 is 0 Å². The highest BCUT2D eigenvalue weighted by Crippen LogP contribution is 2.02. The quantitative estimate of drug-likeness (QED) is 0.486. The molecule has 0 spiro atoms. The molecule has 0 radical (unpaired) electrons. The maximum absolute atomic E-state index is 8.28. The molecule has 1 fully saturated rings. The molecule has 0 aromatic rings. The second-order valence-corrected chi connectivity index (χ2v) is 2.14. The first-order valence-electron chi connectivity index (χ1n) is 3.22. The van der Waals surface area contributed by atoms with Crippen molar-refractivity contribution in [3.05, 3.63) is 0 Å². The van der Waals surface area contributed by atoms with Crippen molar-refractivity contribution in [1.82, 2.24) is 4.90 Å². The van der Waals surface area contributed by atoms with Crippen LogP contribution in [0.3, 0.4) is 0 Å². The number of aliphatic hydroxyl groups is 1. The SMILES string of the molecule is OCC#CCN1CCC1. The van der Waals surface area contributed by atoms with E-state index in [9.17, 15) is 0 Å². The van der Waals surface area contributed by atoms with Crippen LogP contribution in [0.4, 0.5) is 0 Å². The molecule has 1 heterocycles. The molecule has 0 bridgehead atoms. The Labute approximate surface area is 55.5 Å². The van der Waals surface area contributed by atoms with Gasteiger partial charge in [0.2, 0.25) is 0 Å². The zero-order chi connectivity index (χ0) is 6.53. The lowest BCUT2D eigenvalue weighted by Crippen LogP contribution is -2.37. The predicted octanol–water partition coefficient (Wildman–Crippen LogP) is -0.312. The molecule has 0 saturated carbocycles. The van der Waals surface area contributed by atoms with Gasteiger partial charge in [-0.25, -0.2) is 0 Å². The molecular weight excluding hydrogens is 114 g/mol. The maximum Gasteiger partial charge on any atom is 0.104 e. The Morgan fingerprint density at radius 2 is 2.11 bits per heavy atom. The van der Waals surface area contributed by atoms with Crippen molar-refractivity contribution < 1.29 is 5.11 Å². The van der Waals surface area contributed by atoms with Gasteiger partial charge < -0.3 is 5.11 Å². The lowest BCUT2D eigenvalue weighted by molar-refractivity contribution is 0.206. The summed E-state index contributed by atoms with van der Waals surface area (Å²) in [5.41, 5.74) is 0. The van der Waals surface area contributed by atoms with Gasteiger partial charge in [-0.05, 0) is 6.42 Å². The van der Waals surface area contributed by atoms with Crippen molar-refractivity contribution in [2.75, 3.05) is 26.2 Å². The molecule has 0 aromatic heterocycles. The Morgan fingerprint density at radius 1 is 1.33 bits per heavy atom. The summed E-state index contributed by atoms with van der Waals surface area (Å²) in [6.45, 7) is 3.19. The van der Waals surface area contributed by atoms with Crippen LogP contribution >= 0.6 is 0 Å². The molecule has 0 aromatic carbocycles. The molecule has 2 nitrogen and oxygen atoms in total. The summed E-state index contributed by atoms with van der Waals surface area (Å²) < 4.78 is 0. The van der Waals surface area contributed by atoms with Crippen molar-refractivity contribution in [1.29, 1.82) is 0 Å². The number of hydrogen-bond acceptors (Lipinski definition) is 2. The number of aliphatic hydroxyl groups excluding tert-OH is 1. The van der Waals surface area contributed by atoms with Crippen LogP contribution in [0, 0.1) is 11.8 Å². The van der Waals surface area contributed by atoms with E-state index < -0.39 is 0 Å². The Morgan fingerprint density at radius 3 is 2.56 bits per heavy atom. The highest BCUT2D eigenvalue weighted by atomic mass is 16.2. The lowest BCUT2D eigenvalue weighted by Gasteiger charge is -2.28. The van der Waals surface area contributed by atoms with E-state index in [-0.39, 0.29) is 6.61 Å². The third-order valence-electron chi connectivity index (χ3n) is 1.46. The number of nitrogens with zero attached hydrogens (tertiary/aromatic N) is 1. The summed E-state index contributed by atoms with van der Waals surface area (Å²) in [5.74, 6) is 5.47. The summed E-state index contributed by atoms with van der Waals surface area (Å²) in [6, 6.07) is 0. The normalized spacial score (nSPS) is 17.9. The van der Waals surface area contributed by atoms with E-state index in [1.54, 1.807) is 0 Å². The summed E-state index contributed by atoms with van der Waals surface area (Å²) in [4.78, 5) is 2.25. The first-order valence-corrected chi connectivity index (χ1v) is 3.22. The van der Waals surface area contributed by atoms with Gasteiger partial charge >= 0.3 is 0 Å². The van der Waals surface area contributed by atoms with Gasteiger partial charge in [0, 0.05) is 13.1 Å².